The molecule has 2 aliphatic rings. The monoisotopic (exact) mass is 347 g/mol. The van der Waals surface area contributed by atoms with E-state index in [1.165, 1.54) is 11.1 Å². The van der Waals surface area contributed by atoms with E-state index in [2.05, 4.69) is 44.6 Å². The van der Waals surface area contributed by atoms with Gasteiger partial charge in [-0.2, -0.15) is 5.10 Å². The van der Waals surface area contributed by atoms with Gasteiger partial charge in [0.1, 0.15) is 5.69 Å². The van der Waals surface area contributed by atoms with Crippen molar-refractivity contribution >= 4 is 17.4 Å². The number of fused-ring (bicyclic) bond motifs is 2. The summed E-state index contributed by atoms with van der Waals surface area (Å²) in [7, 11) is 0. The zero-order valence-corrected chi connectivity index (χ0v) is 14.5. The maximum absolute atomic E-state index is 13.2. The Hall–Kier alpha value is -2.89. The Morgan fingerprint density at radius 1 is 1.19 bits per heavy atom. The van der Waals surface area contributed by atoms with Crippen LogP contribution >= 0.6 is 0 Å². The largest absolute Gasteiger partial charge is 0.322 e. The van der Waals surface area contributed by atoms with Gasteiger partial charge < -0.3 is 10.2 Å². The van der Waals surface area contributed by atoms with E-state index in [4.69, 9.17) is 0 Å². The van der Waals surface area contributed by atoms with Crippen LogP contribution in [0.3, 0.4) is 0 Å². The fourth-order valence-electron chi connectivity index (χ4n) is 4.03. The molecule has 0 aliphatic heterocycles. The molecule has 1 aromatic carbocycles. The van der Waals surface area contributed by atoms with E-state index in [1.54, 1.807) is 16.9 Å². The second kappa shape index (κ2) is 6.12. The number of carbonyl (C=O) groups excluding carboxylic acids is 1. The van der Waals surface area contributed by atoms with Crippen molar-refractivity contribution in [1.82, 2.24) is 19.5 Å². The lowest BCUT2D eigenvalue weighted by atomic mass is 9.87. The molecule has 0 radical (unpaired) electrons. The molecule has 5 rings (SSSR count). The van der Waals surface area contributed by atoms with Gasteiger partial charge in [0.2, 0.25) is 0 Å². The molecule has 0 saturated heterocycles. The standard InChI is InChI=1S/C20H21N5O/c26-20(23-17-13-22-24-12-4-11-21-19(17)24)25(15-9-10-15)18-8-3-6-14-5-1-2-7-16(14)18/h1-2,4-5,7,11-13,15,18H,3,6,8-10H2,(H,23,26). The van der Waals surface area contributed by atoms with E-state index in [1.807, 2.05) is 12.3 Å². The van der Waals surface area contributed by atoms with Crippen LogP contribution in [-0.2, 0) is 6.42 Å². The minimum atomic E-state index is -0.0465. The van der Waals surface area contributed by atoms with Crippen molar-refractivity contribution in [2.75, 3.05) is 5.32 Å². The smallest absolute Gasteiger partial charge is 0.315 e. The minimum absolute atomic E-state index is 0.0465. The summed E-state index contributed by atoms with van der Waals surface area (Å²) in [5, 5.41) is 7.32. The number of nitrogens with one attached hydrogen (secondary N) is 1. The molecule has 2 aromatic heterocycles. The van der Waals surface area contributed by atoms with Gasteiger partial charge in [0.25, 0.3) is 0 Å². The lowest BCUT2D eigenvalue weighted by molar-refractivity contribution is 0.175. The van der Waals surface area contributed by atoms with Crippen LogP contribution in [0.5, 0.6) is 0 Å². The topological polar surface area (TPSA) is 62.5 Å². The molecule has 1 unspecified atom stereocenters. The van der Waals surface area contributed by atoms with Crippen LogP contribution in [0.4, 0.5) is 10.5 Å². The van der Waals surface area contributed by atoms with E-state index >= 15 is 0 Å². The number of benzene rings is 1. The van der Waals surface area contributed by atoms with Crippen LogP contribution in [0.15, 0.2) is 48.9 Å². The molecule has 3 aromatic rings. The second-order valence-corrected chi connectivity index (χ2v) is 7.12. The molecule has 1 atom stereocenters. The molecule has 0 spiro atoms. The Morgan fingerprint density at radius 2 is 2.08 bits per heavy atom. The molecule has 2 aliphatic carbocycles. The molecule has 0 bridgehead atoms. The number of aromatic nitrogens is 3. The summed E-state index contributed by atoms with van der Waals surface area (Å²) in [5.74, 6) is 0. The van der Waals surface area contributed by atoms with Crippen LogP contribution in [0.1, 0.15) is 42.9 Å². The van der Waals surface area contributed by atoms with Gasteiger partial charge in [-0.3, -0.25) is 0 Å². The van der Waals surface area contributed by atoms with Crippen LogP contribution in [0, 0.1) is 0 Å². The summed E-state index contributed by atoms with van der Waals surface area (Å²) in [4.78, 5) is 19.6. The highest BCUT2D eigenvalue weighted by atomic mass is 16.2. The van der Waals surface area contributed by atoms with Crippen molar-refractivity contribution in [3.05, 3.63) is 60.0 Å². The summed E-state index contributed by atoms with van der Waals surface area (Å²) in [6.07, 6.45) is 10.6. The first kappa shape index (κ1) is 15.4. The van der Waals surface area contributed by atoms with Gasteiger partial charge in [0.05, 0.1) is 12.2 Å². The molecule has 1 N–H and O–H groups in total. The molecule has 2 heterocycles. The quantitative estimate of drug-likeness (QED) is 0.784. The van der Waals surface area contributed by atoms with Crippen LogP contribution in [0.25, 0.3) is 5.65 Å². The molecule has 6 nitrogen and oxygen atoms in total. The fourth-order valence-corrected chi connectivity index (χ4v) is 4.03. The average Bonchev–Trinajstić information content (AvgIpc) is 3.43. The highest BCUT2D eigenvalue weighted by Crippen LogP contribution is 2.41. The van der Waals surface area contributed by atoms with Gasteiger partial charge in [-0.25, -0.2) is 14.3 Å². The molecule has 1 saturated carbocycles. The Labute approximate surface area is 151 Å². The summed E-state index contributed by atoms with van der Waals surface area (Å²) in [5.41, 5.74) is 4.00. The van der Waals surface area contributed by atoms with Crippen LogP contribution in [0.2, 0.25) is 0 Å². The number of hydrogen-bond acceptors (Lipinski definition) is 3. The predicted molar refractivity (Wildman–Crippen MR) is 99.0 cm³/mol. The number of anilines is 1. The van der Waals surface area contributed by atoms with Gasteiger partial charge in [0, 0.05) is 18.4 Å². The summed E-state index contributed by atoms with van der Waals surface area (Å²) in [6.45, 7) is 0. The Balaban J connectivity index is 1.46. The number of amides is 2. The van der Waals surface area contributed by atoms with Crippen LogP contribution in [-0.4, -0.2) is 31.6 Å². The zero-order chi connectivity index (χ0) is 17.5. The summed E-state index contributed by atoms with van der Waals surface area (Å²) in [6, 6.07) is 10.8. The number of rotatable bonds is 3. The van der Waals surface area contributed by atoms with Crippen molar-refractivity contribution in [3.8, 4) is 0 Å². The van der Waals surface area contributed by atoms with Gasteiger partial charge in [0.15, 0.2) is 5.65 Å². The van der Waals surface area contributed by atoms with E-state index in [0.29, 0.717) is 17.4 Å². The first-order chi connectivity index (χ1) is 12.8. The molecule has 6 heteroatoms. The lowest BCUT2D eigenvalue weighted by Crippen LogP contribution is -2.41. The highest BCUT2D eigenvalue weighted by Gasteiger charge is 2.39. The Kier molecular flexibility index (Phi) is 3.62. The van der Waals surface area contributed by atoms with Crippen molar-refractivity contribution in [3.63, 3.8) is 0 Å². The first-order valence-corrected chi connectivity index (χ1v) is 9.27. The third-order valence-corrected chi connectivity index (χ3v) is 5.37. The fraction of sp³-hybridized carbons (Fsp3) is 0.350. The van der Waals surface area contributed by atoms with Gasteiger partial charge in [-0.05, 0) is 49.3 Å². The maximum Gasteiger partial charge on any atom is 0.322 e. The minimum Gasteiger partial charge on any atom is -0.315 e. The molecule has 1 fully saturated rings. The summed E-state index contributed by atoms with van der Waals surface area (Å²) < 4.78 is 1.67. The number of carbonyl (C=O) groups is 1. The number of aryl methyl sites for hydroxylation is 1. The number of hydrogen-bond donors (Lipinski definition) is 1. The third-order valence-electron chi connectivity index (χ3n) is 5.37. The zero-order valence-electron chi connectivity index (χ0n) is 14.5. The average molecular weight is 347 g/mol. The molecule has 132 valence electrons. The van der Waals surface area contributed by atoms with E-state index in [9.17, 15) is 4.79 Å². The Bertz CT molecular complexity index is 961. The van der Waals surface area contributed by atoms with E-state index < -0.39 is 0 Å². The van der Waals surface area contributed by atoms with Gasteiger partial charge in [-0.1, -0.05) is 24.3 Å². The predicted octanol–water partition coefficient (Wildman–Crippen LogP) is 3.80. The molecule has 26 heavy (non-hydrogen) atoms. The van der Waals surface area contributed by atoms with E-state index in [-0.39, 0.29) is 12.1 Å². The number of nitrogens with zero attached hydrogens (tertiary/aromatic N) is 4. The van der Waals surface area contributed by atoms with E-state index in [0.717, 1.165) is 32.1 Å². The van der Waals surface area contributed by atoms with Gasteiger partial charge in [-0.15, -0.1) is 0 Å². The van der Waals surface area contributed by atoms with Crippen LogP contribution < -0.4 is 5.32 Å². The van der Waals surface area contributed by atoms with Crippen molar-refractivity contribution in [1.29, 1.82) is 0 Å². The molecular weight excluding hydrogens is 326 g/mol. The van der Waals surface area contributed by atoms with Crippen molar-refractivity contribution < 1.29 is 4.79 Å². The second-order valence-electron chi connectivity index (χ2n) is 7.12. The third kappa shape index (κ3) is 2.62. The highest BCUT2D eigenvalue weighted by molar-refractivity contribution is 5.93. The van der Waals surface area contributed by atoms with Crippen molar-refractivity contribution in [2.24, 2.45) is 0 Å². The first-order valence-electron chi connectivity index (χ1n) is 9.27. The SMILES string of the molecule is O=C(Nc1cnn2cccnc12)N(C1CC1)C1CCCc2ccccc21. The summed E-state index contributed by atoms with van der Waals surface area (Å²) >= 11 is 0. The lowest BCUT2D eigenvalue weighted by Gasteiger charge is -2.36. The van der Waals surface area contributed by atoms with Gasteiger partial charge >= 0.3 is 6.03 Å². The van der Waals surface area contributed by atoms with Crippen molar-refractivity contribution in [2.45, 2.75) is 44.2 Å². The normalized spacial score (nSPS) is 19.2. The molecular formula is C20H21N5O. The number of urea groups is 1. The Morgan fingerprint density at radius 3 is 2.96 bits per heavy atom. The molecule has 2 amide bonds. The maximum atomic E-state index is 13.2.